The molecular weight excluding hydrogens is 359 g/mol. The number of H-pyrrole nitrogens is 1. The van der Waals surface area contributed by atoms with Gasteiger partial charge in [0, 0.05) is 30.4 Å². The smallest absolute Gasteiger partial charge is 0.232 e. The third-order valence-corrected chi connectivity index (χ3v) is 4.87. The molecule has 1 N–H and O–H groups in total. The van der Waals surface area contributed by atoms with E-state index in [1.165, 1.54) is 12.1 Å². The SMILES string of the molecule is N#Cc1cc(C[C@H]2CCCN(c3nnc(-c4ccncc4)[nH]3)C2=O)ccc1F. The van der Waals surface area contributed by atoms with Crippen molar-refractivity contribution in [3.63, 3.8) is 0 Å². The molecule has 1 atom stereocenters. The van der Waals surface area contributed by atoms with Crippen LogP contribution in [0.2, 0.25) is 0 Å². The van der Waals surface area contributed by atoms with Crippen LogP contribution in [-0.4, -0.2) is 32.6 Å². The van der Waals surface area contributed by atoms with E-state index in [0.29, 0.717) is 24.7 Å². The number of aromatic amines is 1. The summed E-state index contributed by atoms with van der Waals surface area (Å²) in [5, 5.41) is 17.3. The van der Waals surface area contributed by atoms with Crippen molar-refractivity contribution >= 4 is 11.9 Å². The van der Waals surface area contributed by atoms with E-state index >= 15 is 0 Å². The molecule has 0 saturated carbocycles. The Hall–Kier alpha value is -3.60. The van der Waals surface area contributed by atoms with Crippen LogP contribution in [0.5, 0.6) is 0 Å². The lowest BCUT2D eigenvalue weighted by Gasteiger charge is -2.30. The topological polar surface area (TPSA) is 98.6 Å². The zero-order chi connectivity index (χ0) is 19.5. The number of nitrogens with one attached hydrogen (secondary N) is 1. The number of amides is 1. The molecular formula is C20H17FN6O. The Labute approximate surface area is 160 Å². The summed E-state index contributed by atoms with van der Waals surface area (Å²) in [6.45, 7) is 0.563. The first kappa shape index (κ1) is 17.8. The van der Waals surface area contributed by atoms with Gasteiger partial charge in [0.15, 0.2) is 5.82 Å². The van der Waals surface area contributed by atoms with Gasteiger partial charge in [-0.05, 0) is 49.1 Å². The number of pyridine rings is 1. The summed E-state index contributed by atoms with van der Waals surface area (Å²) in [5.41, 5.74) is 1.60. The van der Waals surface area contributed by atoms with Crippen molar-refractivity contribution in [1.29, 1.82) is 5.26 Å². The number of hydrogen-bond acceptors (Lipinski definition) is 5. The van der Waals surface area contributed by atoms with E-state index < -0.39 is 5.82 Å². The van der Waals surface area contributed by atoms with Crippen molar-refractivity contribution in [1.82, 2.24) is 20.2 Å². The van der Waals surface area contributed by atoms with Crippen LogP contribution in [0.1, 0.15) is 24.0 Å². The molecule has 1 aromatic carbocycles. The minimum atomic E-state index is -0.548. The molecule has 0 unspecified atom stereocenters. The number of nitriles is 1. The fourth-order valence-electron chi connectivity index (χ4n) is 3.43. The largest absolute Gasteiger partial charge is 0.307 e. The lowest BCUT2D eigenvalue weighted by Crippen LogP contribution is -2.42. The second-order valence-electron chi connectivity index (χ2n) is 6.69. The van der Waals surface area contributed by atoms with Gasteiger partial charge in [-0.25, -0.2) is 4.39 Å². The highest BCUT2D eigenvalue weighted by atomic mass is 19.1. The second kappa shape index (κ2) is 7.56. The molecule has 1 amide bonds. The highest BCUT2D eigenvalue weighted by molar-refractivity contribution is 5.94. The van der Waals surface area contributed by atoms with Crippen LogP contribution in [0.25, 0.3) is 11.4 Å². The maximum Gasteiger partial charge on any atom is 0.232 e. The molecule has 1 saturated heterocycles. The van der Waals surface area contributed by atoms with E-state index in [-0.39, 0.29) is 17.4 Å². The Balaban J connectivity index is 1.52. The predicted octanol–water partition coefficient (Wildman–Crippen LogP) is 2.86. The van der Waals surface area contributed by atoms with Crippen LogP contribution in [0, 0.1) is 23.1 Å². The van der Waals surface area contributed by atoms with Gasteiger partial charge in [0.05, 0.1) is 5.56 Å². The average Bonchev–Trinajstić information content (AvgIpc) is 3.21. The lowest BCUT2D eigenvalue weighted by molar-refractivity contribution is -0.123. The number of nitrogens with zero attached hydrogens (tertiary/aromatic N) is 5. The monoisotopic (exact) mass is 376 g/mol. The number of halogens is 1. The van der Waals surface area contributed by atoms with Gasteiger partial charge in [-0.2, -0.15) is 5.26 Å². The number of hydrogen-bond donors (Lipinski definition) is 1. The van der Waals surface area contributed by atoms with Gasteiger partial charge in [0.25, 0.3) is 0 Å². The summed E-state index contributed by atoms with van der Waals surface area (Å²) in [4.78, 5) is 21.7. The number of carbonyl (C=O) groups excluding carboxylic acids is 1. The van der Waals surface area contributed by atoms with Crippen molar-refractivity contribution in [2.45, 2.75) is 19.3 Å². The summed E-state index contributed by atoms with van der Waals surface area (Å²) in [6.07, 6.45) is 5.35. The third kappa shape index (κ3) is 3.47. The standard InChI is InChI=1S/C20H17FN6O/c21-17-4-3-13(11-16(17)12-22)10-15-2-1-9-27(19(15)28)20-24-18(25-26-20)14-5-7-23-8-6-14/h3-8,11,15H,1-2,9-10H2,(H,24,25,26)/t15-/m1/s1. The normalized spacial score (nSPS) is 16.8. The van der Waals surface area contributed by atoms with Gasteiger partial charge < -0.3 is 4.98 Å². The Kier molecular flexibility index (Phi) is 4.81. The first-order valence-electron chi connectivity index (χ1n) is 8.98. The summed E-state index contributed by atoms with van der Waals surface area (Å²) in [6, 6.07) is 9.87. The zero-order valence-electron chi connectivity index (χ0n) is 15.0. The molecule has 1 aliphatic rings. The van der Waals surface area contributed by atoms with Crippen molar-refractivity contribution < 1.29 is 9.18 Å². The molecule has 1 fully saturated rings. The zero-order valence-corrected chi connectivity index (χ0v) is 15.0. The molecule has 28 heavy (non-hydrogen) atoms. The number of anilines is 1. The average molecular weight is 376 g/mol. The minimum absolute atomic E-state index is 0.00478. The quantitative estimate of drug-likeness (QED) is 0.755. The fraction of sp³-hybridized carbons (Fsp3) is 0.250. The lowest BCUT2D eigenvalue weighted by atomic mass is 9.90. The van der Waals surface area contributed by atoms with Gasteiger partial charge in [-0.3, -0.25) is 14.7 Å². The van der Waals surface area contributed by atoms with E-state index in [1.54, 1.807) is 23.4 Å². The third-order valence-electron chi connectivity index (χ3n) is 4.87. The summed E-state index contributed by atoms with van der Waals surface area (Å²) in [5.74, 6) is 0.141. The molecule has 3 aromatic rings. The fourth-order valence-corrected chi connectivity index (χ4v) is 3.43. The number of aromatic nitrogens is 4. The molecule has 1 aliphatic heterocycles. The summed E-state index contributed by atoms with van der Waals surface area (Å²) in [7, 11) is 0. The molecule has 8 heteroatoms. The first-order chi connectivity index (χ1) is 13.7. The van der Waals surface area contributed by atoms with Crippen LogP contribution in [0.15, 0.2) is 42.7 Å². The van der Waals surface area contributed by atoms with E-state index in [4.69, 9.17) is 5.26 Å². The number of carbonyl (C=O) groups is 1. The molecule has 140 valence electrons. The van der Waals surface area contributed by atoms with Crippen molar-refractivity contribution in [3.8, 4) is 17.5 Å². The first-order valence-corrected chi connectivity index (χ1v) is 8.98. The number of benzene rings is 1. The molecule has 0 spiro atoms. The highest BCUT2D eigenvalue weighted by Crippen LogP contribution is 2.26. The van der Waals surface area contributed by atoms with Crippen LogP contribution < -0.4 is 4.90 Å². The van der Waals surface area contributed by atoms with Gasteiger partial charge in [-0.1, -0.05) is 6.07 Å². The van der Waals surface area contributed by atoms with Crippen molar-refractivity contribution in [2.24, 2.45) is 5.92 Å². The van der Waals surface area contributed by atoms with Crippen molar-refractivity contribution in [2.75, 3.05) is 11.4 Å². The maximum atomic E-state index is 13.5. The van der Waals surface area contributed by atoms with Crippen LogP contribution >= 0.6 is 0 Å². The molecule has 0 bridgehead atoms. The van der Waals surface area contributed by atoms with E-state index in [9.17, 15) is 9.18 Å². The maximum absolute atomic E-state index is 13.5. The Morgan fingerprint density at radius 2 is 2.07 bits per heavy atom. The van der Waals surface area contributed by atoms with Crippen LogP contribution in [0.4, 0.5) is 10.3 Å². The number of rotatable bonds is 4. The van der Waals surface area contributed by atoms with Gasteiger partial charge in [0.2, 0.25) is 11.9 Å². The molecule has 4 rings (SSSR count). The van der Waals surface area contributed by atoms with Gasteiger partial charge in [-0.15, -0.1) is 10.2 Å². The molecule has 0 radical (unpaired) electrons. The van der Waals surface area contributed by atoms with Gasteiger partial charge >= 0.3 is 0 Å². The number of piperidine rings is 1. The minimum Gasteiger partial charge on any atom is -0.307 e. The Bertz CT molecular complexity index is 1040. The Morgan fingerprint density at radius 3 is 2.86 bits per heavy atom. The molecule has 2 aromatic heterocycles. The van der Waals surface area contributed by atoms with Crippen molar-refractivity contribution in [3.05, 3.63) is 59.7 Å². The molecule has 3 heterocycles. The van der Waals surface area contributed by atoms with E-state index in [0.717, 1.165) is 24.0 Å². The summed E-state index contributed by atoms with van der Waals surface area (Å²) >= 11 is 0. The van der Waals surface area contributed by atoms with E-state index in [2.05, 4.69) is 20.2 Å². The second-order valence-corrected chi connectivity index (χ2v) is 6.69. The molecule has 0 aliphatic carbocycles. The van der Waals surface area contributed by atoms with Gasteiger partial charge in [0.1, 0.15) is 11.9 Å². The molecule has 7 nitrogen and oxygen atoms in total. The highest BCUT2D eigenvalue weighted by Gasteiger charge is 2.31. The van der Waals surface area contributed by atoms with Crippen LogP contribution in [-0.2, 0) is 11.2 Å². The van der Waals surface area contributed by atoms with E-state index in [1.807, 2.05) is 18.2 Å². The Morgan fingerprint density at radius 1 is 1.25 bits per heavy atom. The predicted molar refractivity (Wildman–Crippen MR) is 99.5 cm³/mol. The van der Waals surface area contributed by atoms with Crippen LogP contribution in [0.3, 0.4) is 0 Å². The summed E-state index contributed by atoms with van der Waals surface area (Å²) < 4.78 is 13.5.